The molecular formula is C10H9NO3S. The molecule has 2 heterocycles. The van der Waals surface area contributed by atoms with Crippen molar-refractivity contribution in [3.05, 3.63) is 34.6 Å². The van der Waals surface area contributed by atoms with Gasteiger partial charge in [-0.2, -0.15) is 4.37 Å². The van der Waals surface area contributed by atoms with Crippen LogP contribution >= 0.6 is 11.5 Å². The average Bonchev–Trinajstić information content (AvgIpc) is 2.84. The van der Waals surface area contributed by atoms with Crippen molar-refractivity contribution in [1.29, 1.82) is 0 Å². The van der Waals surface area contributed by atoms with E-state index in [0.29, 0.717) is 16.5 Å². The number of hydrogen-bond donors (Lipinski definition) is 0. The van der Waals surface area contributed by atoms with Crippen LogP contribution in [-0.4, -0.2) is 17.3 Å². The summed E-state index contributed by atoms with van der Waals surface area (Å²) in [4.78, 5) is 12.4. The van der Waals surface area contributed by atoms with Crippen LogP contribution in [0.3, 0.4) is 0 Å². The van der Waals surface area contributed by atoms with E-state index in [0.717, 1.165) is 17.1 Å². The van der Waals surface area contributed by atoms with E-state index < -0.39 is 0 Å². The molecule has 0 aliphatic carbocycles. The van der Waals surface area contributed by atoms with Crippen molar-refractivity contribution < 1.29 is 13.9 Å². The lowest BCUT2D eigenvalue weighted by Crippen LogP contribution is -1.98. The van der Waals surface area contributed by atoms with Gasteiger partial charge in [0.2, 0.25) is 11.7 Å². The topological polar surface area (TPSA) is 52.3 Å². The van der Waals surface area contributed by atoms with Gasteiger partial charge in [0.1, 0.15) is 4.88 Å². The van der Waals surface area contributed by atoms with Gasteiger partial charge in [-0.25, -0.2) is 0 Å². The van der Waals surface area contributed by atoms with Gasteiger partial charge in [0.05, 0.1) is 13.4 Å². The second kappa shape index (κ2) is 3.86. The molecule has 2 aromatic rings. The van der Waals surface area contributed by atoms with Crippen molar-refractivity contribution in [2.24, 2.45) is 0 Å². The van der Waals surface area contributed by atoms with Crippen LogP contribution in [0.5, 0.6) is 5.88 Å². The van der Waals surface area contributed by atoms with Gasteiger partial charge in [0.25, 0.3) is 0 Å². The molecule has 0 radical (unpaired) electrons. The van der Waals surface area contributed by atoms with Crippen LogP contribution in [0.1, 0.15) is 21.0 Å². The Hall–Kier alpha value is -1.62. The zero-order valence-electron chi connectivity index (χ0n) is 8.31. The number of aryl methyl sites for hydroxylation is 1. The molecule has 0 saturated carbocycles. The maximum atomic E-state index is 11.9. The van der Waals surface area contributed by atoms with Crippen LogP contribution < -0.4 is 4.74 Å². The second-order valence-corrected chi connectivity index (χ2v) is 3.80. The summed E-state index contributed by atoms with van der Waals surface area (Å²) in [5.41, 5.74) is 0.826. The quantitative estimate of drug-likeness (QED) is 0.749. The first-order valence-corrected chi connectivity index (χ1v) is 5.09. The molecule has 0 aliphatic rings. The van der Waals surface area contributed by atoms with Crippen LogP contribution in [0.15, 0.2) is 22.8 Å². The molecule has 0 N–H and O–H groups in total. The van der Waals surface area contributed by atoms with Gasteiger partial charge in [-0.1, -0.05) is 0 Å². The molecule has 0 unspecified atom stereocenters. The number of aromatic nitrogens is 1. The van der Waals surface area contributed by atoms with Gasteiger partial charge in [0, 0.05) is 6.07 Å². The number of hydrogen-bond acceptors (Lipinski definition) is 5. The smallest absolute Gasteiger partial charge is 0.240 e. The monoisotopic (exact) mass is 223 g/mol. The third-order valence-electron chi connectivity index (χ3n) is 1.99. The maximum Gasteiger partial charge on any atom is 0.240 e. The molecular weight excluding hydrogens is 214 g/mol. The molecule has 5 heteroatoms. The number of ketones is 1. The molecule has 0 bridgehead atoms. The molecule has 0 saturated heterocycles. The number of carbonyl (C=O) groups is 1. The lowest BCUT2D eigenvalue weighted by molar-refractivity contribution is 0.101. The predicted molar refractivity (Wildman–Crippen MR) is 55.5 cm³/mol. The van der Waals surface area contributed by atoms with E-state index in [1.807, 2.05) is 6.92 Å². The fraction of sp³-hybridized carbons (Fsp3) is 0.200. The first-order chi connectivity index (χ1) is 7.22. The maximum absolute atomic E-state index is 11.9. The van der Waals surface area contributed by atoms with Crippen molar-refractivity contribution >= 4 is 17.3 Å². The van der Waals surface area contributed by atoms with E-state index in [1.165, 1.54) is 13.4 Å². The molecule has 78 valence electrons. The highest BCUT2D eigenvalue weighted by molar-refractivity contribution is 7.08. The summed E-state index contributed by atoms with van der Waals surface area (Å²) in [7, 11) is 1.52. The summed E-state index contributed by atoms with van der Waals surface area (Å²) >= 11 is 1.10. The minimum atomic E-state index is -0.154. The predicted octanol–water partition coefficient (Wildman–Crippen LogP) is 2.28. The Labute approximate surface area is 90.7 Å². The minimum absolute atomic E-state index is 0.154. The number of rotatable bonds is 3. The SMILES string of the molecule is COc1cc(C(=O)c2occc2C)sn1. The summed E-state index contributed by atoms with van der Waals surface area (Å²) in [6.45, 7) is 1.83. The van der Waals surface area contributed by atoms with E-state index in [2.05, 4.69) is 4.37 Å². The minimum Gasteiger partial charge on any atom is -0.480 e. The van der Waals surface area contributed by atoms with Crippen molar-refractivity contribution in [2.75, 3.05) is 7.11 Å². The number of nitrogens with zero attached hydrogens (tertiary/aromatic N) is 1. The fourth-order valence-corrected chi connectivity index (χ4v) is 1.82. The number of carbonyl (C=O) groups excluding carboxylic acids is 1. The van der Waals surface area contributed by atoms with Gasteiger partial charge in [0.15, 0.2) is 5.76 Å². The molecule has 15 heavy (non-hydrogen) atoms. The van der Waals surface area contributed by atoms with E-state index in [9.17, 15) is 4.79 Å². The first kappa shape index (κ1) is 9.92. The molecule has 0 aliphatic heterocycles. The number of ether oxygens (including phenoxy) is 1. The zero-order valence-corrected chi connectivity index (χ0v) is 9.13. The summed E-state index contributed by atoms with van der Waals surface area (Å²) in [5, 5.41) is 0. The van der Waals surface area contributed by atoms with Crippen LogP contribution in [0, 0.1) is 6.92 Å². The van der Waals surface area contributed by atoms with E-state index in [4.69, 9.17) is 9.15 Å². The van der Waals surface area contributed by atoms with Crippen LogP contribution in [0.2, 0.25) is 0 Å². The van der Waals surface area contributed by atoms with E-state index in [-0.39, 0.29) is 5.78 Å². The fourth-order valence-electron chi connectivity index (χ4n) is 1.18. The Morgan fingerprint density at radius 2 is 2.40 bits per heavy atom. The highest BCUT2D eigenvalue weighted by atomic mass is 32.1. The molecule has 2 rings (SSSR count). The summed E-state index contributed by atoms with van der Waals surface area (Å²) in [6, 6.07) is 3.36. The third-order valence-corrected chi connectivity index (χ3v) is 2.76. The van der Waals surface area contributed by atoms with Gasteiger partial charge >= 0.3 is 0 Å². The van der Waals surface area contributed by atoms with Crippen molar-refractivity contribution in [3.63, 3.8) is 0 Å². The summed E-state index contributed by atoms with van der Waals surface area (Å²) in [5.74, 6) is 0.659. The van der Waals surface area contributed by atoms with Gasteiger partial charge < -0.3 is 9.15 Å². The van der Waals surface area contributed by atoms with Gasteiger partial charge in [-0.05, 0) is 30.1 Å². The molecule has 0 amide bonds. The van der Waals surface area contributed by atoms with Crippen LogP contribution in [-0.2, 0) is 0 Å². The van der Waals surface area contributed by atoms with E-state index in [1.54, 1.807) is 12.1 Å². The Morgan fingerprint density at radius 3 is 2.93 bits per heavy atom. The zero-order chi connectivity index (χ0) is 10.8. The summed E-state index contributed by atoms with van der Waals surface area (Å²) in [6.07, 6.45) is 1.50. The van der Waals surface area contributed by atoms with Crippen LogP contribution in [0.4, 0.5) is 0 Å². The average molecular weight is 223 g/mol. The van der Waals surface area contributed by atoms with Gasteiger partial charge in [-0.15, -0.1) is 0 Å². The highest BCUT2D eigenvalue weighted by Gasteiger charge is 2.18. The lowest BCUT2D eigenvalue weighted by atomic mass is 10.2. The highest BCUT2D eigenvalue weighted by Crippen LogP contribution is 2.21. The molecule has 0 spiro atoms. The lowest BCUT2D eigenvalue weighted by Gasteiger charge is -1.93. The van der Waals surface area contributed by atoms with Crippen molar-refractivity contribution in [3.8, 4) is 5.88 Å². The standard InChI is InChI=1S/C10H9NO3S/c1-6-3-4-14-10(6)9(12)7-5-8(13-2)11-15-7/h3-5H,1-2H3. The molecule has 0 aromatic carbocycles. The Bertz CT molecular complexity index is 486. The Kier molecular flexibility index (Phi) is 2.55. The molecule has 4 nitrogen and oxygen atoms in total. The van der Waals surface area contributed by atoms with Crippen molar-refractivity contribution in [2.45, 2.75) is 6.92 Å². The van der Waals surface area contributed by atoms with E-state index >= 15 is 0 Å². The molecule has 0 atom stereocenters. The van der Waals surface area contributed by atoms with Crippen LogP contribution in [0.25, 0.3) is 0 Å². The molecule has 2 aromatic heterocycles. The number of furan rings is 1. The number of methoxy groups -OCH3 is 1. The Balaban J connectivity index is 2.32. The first-order valence-electron chi connectivity index (χ1n) is 4.32. The third kappa shape index (κ3) is 1.78. The second-order valence-electron chi connectivity index (χ2n) is 3.00. The van der Waals surface area contributed by atoms with Crippen molar-refractivity contribution in [1.82, 2.24) is 4.37 Å². The Morgan fingerprint density at radius 1 is 1.60 bits per heavy atom. The van der Waals surface area contributed by atoms with Gasteiger partial charge in [-0.3, -0.25) is 4.79 Å². The summed E-state index contributed by atoms with van der Waals surface area (Å²) < 4.78 is 14.0. The molecule has 0 fully saturated rings. The normalized spacial score (nSPS) is 10.3. The largest absolute Gasteiger partial charge is 0.480 e.